The summed E-state index contributed by atoms with van der Waals surface area (Å²) in [6.45, 7) is 3.61. The fraction of sp³-hybridized carbons (Fsp3) is 0.857. The van der Waals surface area contributed by atoms with Gasteiger partial charge in [-0.05, 0) is 19.3 Å². The molecule has 60 valence electrons. The third-order valence-corrected chi connectivity index (χ3v) is 1.80. The van der Waals surface area contributed by atoms with Crippen LogP contribution in [0.3, 0.4) is 0 Å². The van der Waals surface area contributed by atoms with Crippen LogP contribution in [0.15, 0.2) is 0 Å². The van der Waals surface area contributed by atoms with Gasteiger partial charge in [0.15, 0.2) is 0 Å². The number of carbonyl (C=O) groups excluding carboxylic acids is 1. The number of rotatable bonds is 0. The minimum Gasteiger partial charge on any atom is -0.343 e. The topological polar surface area (TPSA) is 20.3 Å². The van der Waals surface area contributed by atoms with Crippen molar-refractivity contribution in [1.29, 1.82) is 0 Å². The van der Waals surface area contributed by atoms with Crippen molar-refractivity contribution >= 4 is 18.3 Å². The highest BCUT2D eigenvalue weighted by Crippen LogP contribution is 2.07. The Morgan fingerprint density at radius 1 is 1.20 bits per heavy atom. The summed E-state index contributed by atoms with van der Waals surface area (Å²) >= 11 is 0. The van der Waals surface area contributed by atoms with E-state index in [2.05, 4.69) is 0 Å². The van der Waals surface area contributed by atoms with Crippen molar-refractivity contribution in [3.8, 4) is 0 Å². The molecular formula is C7H14ClNO. The number of hydrogen-bond donors (Lipinski definition) is 0. The molecule has 1 heterocycles. The Labute approximate surface area is 68.0 Å². The van der Waals surface area contributed by atoms with Crippen LogP contribution < -0.4 is 0 Å². The molecule has 1 amide bonds. The zero-order valence-electron chi connectivity index (χ0n) is 6.30. The van der Waals surface area contributed by atoms with E-state index in [-0.39, 0.29) is 18.3 Å². The van der Waals surface area contributed by atoms with Gasteiger partial charge in [0.25, 0.3) is 0 Å². The lowest BCUT2D eigenvalue weighted by Gasteiger charge is -2.24. The molecule has 1 saturated heterocycles. The second-order valence-corrected chi connectivity index (χ2v) is 2.57. The van der Waals surface area contributed by atoms with Crippen LogP contribution >= 0.6 is 12.4 Å². The summed E-state index contributed by atoms with van der Waals surface area (Å²) in [4.78, 5) is 12.6. The van der Waals surface area contributed by atoms with Crippen molar-refractivity contribution in [3.63, 3.8) is 0 Å². The van der Waals surface area contributed by atoms with E-state index < -0.39 is 0 Å². The van der Waals surface area contributed by atoms with E-state index in [1.807, 2.05) is 4.90 Å². The van der Waals surface area contributed by atoms with Gasteiger partial charge >= 0.3 is 0 Å². The molecule has 0 atom stereocenters. The van der Waals surface area contributed by atoms with Crippen LogP contribution in [0.25, 0.3) is 0 Å². The molecule has 1 aliphatic heterocycles. The Morgan fingerprint density at radius 3 is 2.00 bits per heavy atom. The number of likely N-dealkylation sites (tertiary alicyclic amines) is 1. The standard InChI is InChI=1S/C7H13NO.ClH/c1-7(9)8-5-3-2-4-6-8;/h2-6H2,1H3;1H. The normalized spacial score (nSPS) is 17.9. The fourth-order valence-corrected chi connectivity index (χ4v) is 1.21. The van der Waals surface area contributed by atoms with Gasteiger partial charge in [-0.15, -0.1) is 12.4 Å². The van der Waals surface area contributed by atoms with Gasteiger partial charge in [0, 0.05) is 20.0 Å². The minimum atomic E-state index is 0. The average molecular weight is 164 g/mol. The first-order valence-electron chi connectivity index (χ1n) is 3.56. The molecule has 0 unspecified atom stereocenters. The summed E-state index contributed by atoms with van der Waals surface area (Å²) in [5, 5.41) is 0. The van der Waals surface area contributed by atoms with Gasteiger partial charge in [-0.2, -0.15) is 0 Å². The van der Waals surface area contributed by atoms with Crippen LogP contribution in [0, 0.1) is 0 Å². The molecule has 1 aliphatic rings. The Hall–Kier alpha value is -0.240. The van der Waals surface area contributed by atoms with Crippen LogP contribution in [0.5, 0.6) is 0 Å². The Bertz CT molecular complexity index is 110. The van der Waals surface area contributed by atoms with Crippen LogP contribution in [0.1, 0.15) is 26.2 Å². The van der Waals surface area contributed by atoms with Gasteiger partial charge in [0.1, 0.15) is 0 Å². The van der Waals surface area contributed by atoms with Crippen molar-refractivity contribution in [2.75, 3.05) is 13.1 Å². The van der Waals surface area contributed by atoms with Crippen molar-refractivity contribution < 1.29 is 4.79 Å². The Balaban J connectivity index is 0.000000810. The number of piperidine rings is 1. The monoisotopic (exact) mass is 163 g/mol. The van der Waals surface area contributed by atoms with E-state index in [0.29, 0.717) is 0 Å². The third kappa shape index (κ3) is 2.56. The van der Waals surface area contributed by atoms with Crippen LogP contribution in [-0.2, 0) is 4.79 Å². The summed E-state index contributed by atoms with van der Waals surface area (Å²) in [5.41, 5.74) is 0. The second-order valence-electron chi connectivity index (χ2n) is 2.57. The zero-order valence-corrected chi connectivity index (χ0v) is 7.12. The molecule has 0 bridgehead atoms. The van der Waals surface area contributed by atoms with Crippen LogP contribution in [0.2, 0.25) is 0 Å². The van der Waals surface area contributed by atoms with E-state index in [4.69, 9.17) is 0 Å². The quantitative estimate of drug-likeness (QED) is 0.529. The van der Waals surface area contributed by atoms with Crippen LogP contribution in [0.4, 0.5) is 0 Å². The van der Waals surface area contributed by atoms with E-state index in [0.717, 1.165) is 13.1 Å². The Kier molecular flexibility index (Phi) is 4.45. The first-order valence-corrected chi connectivity index (χ1v) is 3.56. The number of hydrogen-bond acceptors (Lipinski definition) is 1. The Morgan fingerprint density at radius 2 is 1.70 bits per heavy atom. The molecule has 10 heavy (non-hydrogen) atoms. The predicted octanol–water partition coefficient (Wildman–Crippen LogP) is 1.44. The van der Waals surface area contributed by atoms with Crippen molar-refractivity contribution in [3.05, 3.63) is 0 Å². The molecule has 1 fully saturated rings. The molecule has 0 saturated carbocycles. The van der Waals surface area contributed by atoms with E-state index in [1.54, 1.807) is 6.92 Å². The molecule has 0 spiro atoms. The largest absolute Gasteiger partial charge is 0.343 e. The van der Waals surface area contributed by atoms with Crippen molar-refractivity contribution in [1.82, 2.24) is 4.90 Å². The molecule has 0 aromatic carbocycles. The lowest BCUT2D eigenvalue weighted by atomic mass is 10.1. The smallest absolute Gasteiger partial charge is 0.219 e. The molecule has 0 radical (unpaired) electrons. The average Bonchev–Trinajstić information content (AvgIpc) is 1.90. The van der Waals surface area contributed by atoms with Gasteiger partial charge < -0.3 is 4.90 Å². The van der Waals surface area contributed by atoms with Gasteiger partial charge in [-0.1, -0.05) is 0 Å². The summed E-state index contributed by atoms with van der Waals surface area (Å²) < 4.78 is 0. The van der Waals surface area contributed by atoms with Gasteiger partial charge in [0.05, 0.1) is 0 Å². The van der Waals surface area contributed by atoms with Gasteiger partial charge in [-0.25, -0.2) is 0 Å². The SMILES string of the molecule is CC(=O)N1CCCCC1.Cl. The second kappa shape index (κ2) is 4.56. The van der Waals surface area contributed by atoms with Crippen molar-refractivity contribution in [2.45, 2.75) is 26.2 Å². The zero-order chi connectivity index (χ0) is 6.69. The molecular weight excluding hydrogens is 150 g/mol. The maximum absolute atomic E-state index is 10.7. The van der Waals surface area contributed by atoms with Gasteiger partial charge in [-0.3, -0.25) is 4.79 Å². The molecule has 0 aromatic rings. The molecule has 1 rings (SSSR count). The lowest BCUT2D eigenvalue weighted by Crippen LogP contribution is -2.33. The highest BCUT2D eigenvalue weighted by molar-refractivity contribution is 5.85. The number of amides is 1. The van der Waals surface area contributed by atoms with E-state index in [1.165, 1.54) is 19.3 Å². The molecule has 0 aromatic heterocycles. The molecule has 3 heteroatoms. The highest BCUT2D eigenvalue weighted by Gasteiger charge is 2.10. The first kappa shape index (κ1) is 9.76. The maximum atomic E-state index is 10.7. The van der Waals surface area contributed by atoms with E-state index in [9.17, 15) is 4.79 Å². The third-order valence-electron chi connectivity index (χ3n) is 1.80. The summed E-state index contributed by atoms with van der Waals surface area (Å²) in [5.74, 6) is 0.231. The first-order chi connectivity index (χ1) is 4.30. The number of halogens is 1. The maximum Gasteiger partial charge on any atom is 0.219 e. The minimum absolute atomic E-state index is 0. The molecule has 2 nitrogen and oxygen atoms in total. The number of carbonyl (C=O) groups is 1. The summed E-state index contributed by atoms with van der Waals surface area (Å²) in [7, 11) is 0. The molecule has 0 aliphatic carbocycles. The van der Waals surface area contributed by atoms with E-state index >= 15 is 0 Å². The summed E-state index contributed by atoms with van der Waals surface area (Å²) in [6.07, 6.45) is 3.68. The van der Waals surface area contributed by atoms with Gasteiger partial charge in [0.2, 0.25) is 5.91 Å². The van der Waals surface area contributed by atoms with Crippen LogP contribution in [-0.4, -0.2) is 23.9 Å². The fourth-order valence-electron chi connectivity index (χ4n) is 1.21. The number of nitrogens with zero attached hydrogens (tertiary/aromatic N) is 1. The highest BCUT2D eigenvalue weighted by atomic mass is 35.5. The van der Waals surface area contributed by atoms with Crippen molar-refractivity contribution in [2.24, 2.45) is 0 Å². The molecule has 0 N–H and O–H groups in total. The predicted molar refractivity (Wildman–Crippen MR) is 43.4 cm³/mol. The summed E-state index contributed by atoms with van der Waals surface area (Å²) in [6, 6.07) is 0. The lowest BCUT2D eigenvalue weighted by molar-refractivity contribution is -0.129.